The Morgan fingerprint density at radius 2 is 1.88 bits per heavy atom. The van der Waals surface area contributed by atoms with Crippen LogP contribution in [0.1, 0.15) is 33.5 Å². The summed E-state index contributed by atoms with van der Waals surface area (Å²) < 4.78 is 22.8. The molecule has 0 bridgehead atoms. The topological polar surface area (TPSA) is 57.2 Å². The van der Waals surface area contributed by atoms with Gasteiger partial charge in [-0.2, -0.15) is 0 Å². The molecule has 174 valence electrons. The number of rotatable bonds is 7. The molecule has 0 aliphatic carbocycles. The van der Waals surface area contributed by atoms with E-state index in [-0.39, 0.29) is 11.5 Å². The van der Waals surface area contributed by atoms with Gasteiger partial charge in [0, 0.05) is 24.7 Å². The average Bonchev–Trinajstić information content (AvgIpc) is 3.20. The molecule has 5 rings (SSSR count). The number of Topliss-reactive ketones (excluding diaryl/α,β-unsaturated/α-hetero) is 1. The van der Waals surface area contributed by atoms with Crippen molar-refractivity contribution in [2.24, 2.45) is 0 Å². The number of hydrogen-bond donors (Lipinski definition) is 0. The van der Waals surface area contributed by atoms with Crippen LogP contribution in [-0.2, 0) is 13.0 Å². The van der Waals surface area contributed by atoms with Gasteiger partial charge in [0.1, 0.15) is 29.7 Å². The number of methoxy groups -OCH3 is 2. The zero-order valence-electron chi connectivity index (χ0n) is 19.4. The van der Waals surface area contributed by atoms with Gasteiger partial charge in [0.2, 0.25) is 5.78 Å². The Hall–Kier alpha value is -3.77. The number of carbonyl (C=O) groups is 1. The van der Waals surface area contributed by atoms with Crippen molar-refractivity contribution < 1.29 is 23.7 Å². The molecule has 6 nitrogen and oxygen atoms in total. The number of carbonyl (C=O) groups excluding carboxylic acids is 1. The van der Waals surface area contributed by atoms with E-state index in [0.717, 1.165) is 36.3 Å². The fraction of sp³-hybridized carbons (Fsp3) is 0.250. The smallest absolute Gasteiger partial charge is 0.231 e. The monoisotopic (exact) mass is 457 g/mol. The highest BCUT2D eigenvalue weighted by atomic mass is 16.5. The summed E-state index contributed by atoms with van der Waals surface area (Å²) in [4.78, 5) is 15.4. The Labute approximate surface area is 199 Å². The Morgan fingerprint density at radius 1 is 1.03 bits per heavy atom. The van der Waals surface area contributed by atoms with Gasteiger partial charge in [0.15, 0.2) is 5.76 Å². The Morgan fingerprint density at radius 3 is 2.68 bits per heavy atom. The first-order chi connectivity index (χ1) is 16.7. The molecule has 0 amide bonds. The fourth-order valence-electron chi connectivity index (χ4n) is 4.38. The molecule has 6 heteroatoms. The van der Waals surface area contributed by atoms with Crippen LogP contribution in [0.25, 0.3) is 6.08 Å². The van der Waals surface area contributed by atoms with E-state index in [1.165, 1.54) is 5.56 Å². The Bertz CT molecular complexity index is 1240. The third-order valence-electron chi connectivity index (χ3n) is 6.19. The van der Waals surface area contributed by atoms with E-state index in [9.17, 15) is 4.79 Å². The van der Waals surface area contributed by atoms with Gasteiger partial charge in [-0.3, -0.25) is 9.69 Å². The minimum Gasteiger partial charge on any atom is -0.497 e. The summed E-state index contributed by atoms with van der Waals surface area (Å²) in [5.41, 5.74) is 3.56. The summed E-state index contributed by atoms with van der Waals surface area (Å²) in [6.07, 6.45) is 3.76. The van der Waals surface area contributed by atoms with Gasteiger partial charge in [0.25, 0.3) is 0 Å². The molecule has 2 heterocycles. The predicted molar refractivity (Wildman–Crippen MR) is 130 cm³/mol. The summed E-state index contributed by atoms with van der Waals surface area (Å²) in [6, 6.07) is 19.6. The van der Waals surface area contributed by atoms with Crippen molar-refractivity contribution in [1.82, 2.24) is 4.90 Å². The van der Waals surface area contributed by atoms with Gasteiger partial charge in [0.05, 0.1) is 25.3 Å². The lowest BCUT2D eigenvalue weighted by Gasteiger charge is -2.29. The molecule has 0 atom stereocenters. The number of benzene rings is 3. The lowest BCUT2D eigenvalue weighted by Crippen LogP contribution is -2.33. The molecular weight excluding hydrogens is 430 g/mol. The molecule has 0 saturated heterocycles. The highest BCUT2D eigenvalue weighted by Crippen LogP contribution is 2.42. The predicted octanol–water partition coefficient (Wildman–Crippen LogP) is 5.10. The van der Waals surface area contributed by atoms with Gasteiger partial charge in [-0.05, 0) is 48.7 Å². The van der Waals surface area contributed by atoms with E-state index in [1.807, 2.05) is 24.3 Å². The van der Waals surface area contributed by atoms with Crippen molar-refractivity contribution in [3.8, 4) is 23.0 Å². The molecule has 0 aromatic heterocycles. The maximum absolute atomic E-state index is 13.1. The van der Waals surface area contributed by atoms with E-state index >= 15 is 0 Å². The second kappa shape index (κ2) is 9.61. The van der Waals surface area contributed by atoms with Crippen molar-refractivity contribution in [2.45, 2.75) is 19.4 Å². The number of ketones is 1. The molecule has 3 aromatic carbocycles. The minimum atomic E-state index is -0.142. The highest BCUT2D eigenvalue weighted by molar-refractivity contribution is 6.15. The van der Waals surface area contributed by atoms with E-state index in [2.05, 4.69) is 29.2 Å². The Kier molecular flexibility index (Phi) is 6.23. The summed E-state index contributed by atoms with van der Waals surface area (Å²) in [5, 5.41) is 0. The van der Waals surface area contributed by atoms with Gasteiger partial charge in [-0.25, -0.2) is 0 Å². The van der Waals surface area contributed by atoms with Gasteiger partial charge in [-0.15, -0.1) is 0 Å². The zero-order chi connectivity index (χ0) is 23.5. The number of allylic oxidation sites excluding steroid dienone is 1. The minimum absolute atomic E-state index is 0.142. The number of nitrogens with zero attached hydrogens (tertiary/aromatic N) is 1. The molecule has 3 aromatic rings. The normalized spacial score (nSPS) is 15.9. The van der Waals surface area contributed by atoms with Crippen LogP contribution in [-0.4, -0.2) is 38.2 Å². The van der Waals surface area contributed by atoms with E-state index in [1.54, 1.807) is 32.4 Å². The van der Waals surface area contributed by atoms with Crippen molar-refractivity contribution >= 4 is 11.9 Å². The maximum Gasteiger partial charge on any atom is 0.231 e. The first kappa shape index (κ1) is 22.0. The highest BCUT2D eigenvalue weighted by Gasteiger charge is 2.33. The van der Waals surface area contributed by atoms with Gasteiger partial charge < -0.3 is 18.9 Å². The average molecular weight is 458 g/mol. The largest absolute Gasteiger partial charge is 0.497 e. The van der Waals surface area contributed by atoms with Crippen molar-refractivity contribution in [1.29, 1.82) is 0 Å². The number of fused-ring (bicyclic) bond motifs is 3. The molecule has 0 unspecified atom stereocenters. The van der Waals surface area contributed by atoms with Crippen molar-refractivity contribution in [3.63, 3.8) is 0 Å². The van der Waals surface area contributed by atoms with Crippen molar-refractivity contribution in [2.75, 3.05) is 27.5 Å². The molecule has 2 aliphatic heterocycles. The number of hydrogen-bond acceptors (Lipinski definition) is 6. The molecule has 0 radical (unpaired) electrons. The lowest BCUT2D eigenvalue weighted by molar-refractivity contribution is 0.0928. The molecule has 0 N–H and O–H groups in total. The van der Waals surface area contributed by atoms with Crippen molar-refractivity contribution in [3.05, 3.63) is 88.7 Å². The number of ether oxygens (including phenoxy) is 4. The fourth-order valence-corrected chi connectivity index (χ4v) is 4.38. The summed E-state index contributed by atoms with van der Waals surface area (Å²) in [7, 11) is 3.19. The SMILES string of the molecule is COc1ccc(/C=C2\Oc3c(ccc4c3CN(CCCc3ccccc3)CO4)C2=O)c(OC)c1. The zero-order valence-corrected chi connectivity index (χ0v) is 19.4. The van der Waals surface area contributed by atoms with Crippen LogP contribution in [0.2, 0.25) is 0 Å². The third-order valence-corrected chi connectivity index (χ3v) is 6.19. The number of aryl methyl sites for hydroxylation is 1. The van der Waals surface area contributed by atoms with Crippen LogP contribution in [0.3, 0.4) is 0 Å². The first-order valence-corrected chi connectivity index (χ1v) is 11.4. The summed E-state index contributed by atoms with van der Waals surface area (Å²) in [6.45, 7) is 2.11. The van der Waals surface area contributed by atoms with Crippen LogP contribution in [0.5, 0.6) is 23.0 Å². The van der Waals surface area contributed by atoms with E-state index in [4.69, 9.17) is 18.9 Å². The standard InChI is InChI=1S/C28H27NO5/c1-31-21-11-10-20(25(16-21)32-2)15-26-27(30)22-12-13-24-23(28(22)34-26)17-29(18-33-24)14-6-9-19-7-4-3-5-8-19/h3-5,7-8,10-13,15-16H,6,9,14,17-18H2,1-2H3/b26-15-. The van der Waals surface area contributed by atoms with Crippen LogP contribution in [0.15, 0.2) is 66.4 Å². The Balaban J connectivity index is 1.33. The molecule has 34 heavy (non-hydrogen) atoms. The van der Waals surface area contributed by atoms with Crippen LogP contribution in [0, 0.1) is 0 Å². The lowest BCUT2D eigenvalue weighted by atomic mass is 10.0. The van der Waals surface area contributed by atoms with Gasteiger partial charge >= 0.3 is 0 Å². The summed E-state index contributed by atoms with van der Waals surface area (Å²) in [5.74, 6) is 2.78. The first-order valence-electron chi connectivity index (χ1n) is 11.4. The van der Waals surface area contributed by atoms with Crippen LogP contribution >= 0.6 is 0 Å². The molecule has 2 aliphatic rings. The van der Waals surface area contributed by atoms with E-state index in [0.29, 0.717) is 36.1 Å². The third kappa shape index (κ3) is 4.37. The van der Waals surface area contributed by atoms with E-state index < -0.39 is 0 Å². The second-order valence-electron chi connectivity index (χ2n) is 8.38. The molecule has 0 fully saturated rings. The maximum atomic E-state index is 13.1. The molecule has 0 saturated carbocycles. The van der Waals surface area contributed by atoms with Gasteiger partial charge in [-0.1, -0.05) is 30.3 Å². The van der Waals surface area contributed by atoms with Crippen LogP contribution in [0.4, 0.5) is 0 Å². The van der Waals surface area contributed by atoms with Crippen LogP contribution < -0.4 is 18.9 Å². The second-order valence-corrected chi connectivity index (χ2v) is 8.38. The quantitative estimate of drug-likeness (QED) is 0.460. The molecular formula is C28H27NO5. The molecule has 0 spiro atoms. The summed E-state index contributed by atoms with van der Waals surface area (Å²) >= 11 is 0.